The van der Waals surface area contributed by atoms with Crippen LogP contribution in [0.2, 0.25) is 0 Å². The van der Waals surface area contributed by atoms with Crippen LogP contribution < -0.4 is 10.5 Å². The van der Waals surface area contributed by atoms with Gasteiger partial charge in [-0.3, -0.25) is 0 Å². The molecule has 1 aromatic carbocycles. The lowest BCUT2D eigenvalue weighted by molar-refractivity contribution is 0.103. The van der Waals surface area contributed by atoms with Crippen LogP contribution in [0.4, 0.5) is 0 Å². The van der Waals surface area contributed by atoms with Gasteiger partial charge in [-0.1, -0.05) is 6.07 Å². The summed E-state index contributed by atoms with van der Waals surface area (Å²) in [6.45, 7) is 4.49. The lowest BCUT2D eigenvalue weighted by Gasteiger charge is -2.24. The maximum absolute atomic E-state index is 9.74. The normalized spacial score (nSPS) is 20.0. The molecule has 0 spiro atoms. The molecule has 1 unspecified atom stereocenters. The molecule has 2 rings (SSSR count). The average molecular weight is 235 g/mol. The highest BCUT2D eigenvalue weighted by atomic mass is 16.5. The van der Waals surface area contributed by atoms with Gasteiger partial charge in [0.05, 0.1) is 6.10 Å². The zero-order valence-corrected chi connectivity index (χ0v) is 10.6. The molecule has 3 nitrogen and oxygen atoms in total. The monoisotopic (exact) mass is 235 g/mol. The van der Waals surface area contributed by atoms with Crippen LogP contribution in [0.25, 0.3) is 0 Å². The number of ether oxygens (including phenoxy) is 1. The first-order chi connectivity index (χ1) is 8.02. The summed E-state index contributed by atoms with van der Waals surface area (Å²) in [5, 5.41) is 9.74. The van der Waals surface area contributed by atoms with Crippen molar-refractivity contribution in [3.8, 4) is 5.75 Å². The fourth-order valence-corrected chi connectivity index (χ4v) is 2.29. The standard InChI is InChI=1S/C14H21NO2/c1-14(2)7-3-4-11-8-10(12(16)9-15)5-6-13(11)17-14/h5-6,8,12,16H,3-4,7,9,15H2,1-2H3. The number of fused-ring (bicyclic) bond motifs is 1. The van der Waals surface area contributed by atoms with Crippen molar-refractivity contribution in [1.29, 1.82) is 0 Å². The molecule has 1 aliphatic rings. The molecular weight excluding hydrogens is 214 g/mol. The SMILES string of the molecule is CC1(C)CCCc2cc(C(O)CN)ccc2O1. The highest BCUT2D eigenvalue weighted by Gasteiger charge is 2.24. The molecule has 0 aliphatic carbocycles. The summed E-state index contributed by atoms with van der Waals surface area (Å²) in [7, 11) is 0. The average Bonchev–Trinajstić information content (AvgIpc) is 2.44. The third-order valence-electron chi connectivity index (χ3n) is 3.30. The second-order valence-electron chi connectivity index (χ2n) is 5.33. The Morgan fingerprint density at radius 3 is 2.94 bits per heavy atom. The van der Waals surface area contributed by atoms with Gasteiger partial charge in [-0.25, -0.2) is 0 Å². The van der Waals surface area contributed by atoms with Crippen molar-refractivity contribution in [3.63, 3.8) is 0 Å². The van der Waals surface area contributed by atoms with Crippen molar-refractivity contribution in [1.82, 2.24) is 0 Å². The van der Waals surface area contributed by atoms with Crippen LogP contribution >= 0.6 is 0 Å². The van der Waals surface area contributed by atoms with Gasteiger partial charge in [0.2, 0.25) is 0 Å². The molecule has 1 aliphatic heterocycles. The number of hydrogen-bond donors (Lipinski definition) is 2. The Hall–Kier alpha value is -1.06. The van der Waals surface area contributed by atoms with Crippen molar-refractivity contribution in [2.75, 3.05) is 6.54 Å². The fourth-order valence-electron chi connectivity index (χ4n) is 2.29. The molecule has 0 amide bonds. The van der Waals surface area contributed by atoms with Crippen LogP contribution in [0.15, 0.2) is 18.2 Å². The molecule has 0 bridgehead atoms. The van der Waals surface area contributed by atoms with Gasteiger partial charge in [-0.15, -0.1) is 0 Å². The lowest BCUT2D eigenvalue weighted by atomic mass is 9.99. The molecule has 1 aromatic rings. The predicted molar refractivity (Wildman–Crippen MR) is 68.1 cm³/mol. The van der Waals surface area contributed by atoms with Crippen molar-refractivity contribution < 1.29 is 9.84 Å². The first kappa shape index (κ1) is 12.4. The minimum atomic E-state index is -0.573. The van der Waals surface area contributed by atoms with E-state index in [1.54, 1.807) is 0 Å². The van der Waals surface area contributed by atoms with Gasteiger partial charge in [0.1, 0.15) is 11.4 Å². The van der Waals surface area contributed by atoms with Gasteiger partial charge < -0.3 is 15.6 Å². The molecule has 1 atom stereocenters. The van der Waals surface area contributed by atoms with E-state index in [9.17, 15) is 5.11 Å². The van der Waals surface area contributed by atoms with Gasteiger partial charge in [0, 0.05) is 6.54 Å². The van der Waals surface area contributed by atoms with Gasteiger partial charge >= 0.3 is 0 Å². The molecule has 94 valence electrons. The van der Waals surface area contributed by atoms with E-state index in [0.717, 1.165) is 30.6 Å². The van der Waals surface area contributed by atoms with Crippen LogP contribution in [-0.2, 0) is 6.42 Å². The first-order valence-corrected chi connectivity index (χ1v) is 6.22. The van der Waals surface area contributed by atoms with Crippen molar-refractivity contribution in [3.05, 3.63) is 29.3 Å². The molecule has 0 radical (unpaired) electrons. The van der Waals surface area contributed by atoms with Crippen molar-refractivity contribution in [2.45, 2.75) is 44.8 Å². The number of aliphatic hydroxyl groups excluding tert-OH is 1. The van der Waals surface area contributed by atoms with Crippen LogP contribution in [0, 0.1) is 0 Å². The van der Waals surface area contributed by atoms with E-state index in [1.165, 1.54) is 5.56 Å². The molecule has 0 aromatic heterocycles. The highest BCUT2D eigenvalue weighted by molar-refractivity contribution is 5.39. The zero-order chi connectivity index (χ0) is 12.5. The maximum atomic E-state index is 9.74. The smallest absolute Gasteiger partial charge is 0.123 e. The van der Waals surface area contributed by atoms with E-state index < -0.39 is 6.10 Å². The van der Waals surface area contributed by atoms with E-state index in [-0.39, 0.29) is 12.1 Å². The van der Waals surface area contributed by atoms with E-state index in [4.69, 9.17) is 10.5 Å². The zero-order valence-electron chi connectivity index (χ0n) is 10.6. The van der Waals surface area contributed by atoms with Crippen LogP contribution in [-0.4, -0.2) is 17.3 Å². The Morgan fingerprint density at radius 1 is 1.47 bits per heavy atom. The van der Waals surface area contributed by atoms with E-state index in [1.807, 2.05) is 18.2 Å². The molecule has 0 saturated carbocycles. The van der Waals surface area contributed by atoms with E-state index in [2.05, 4.69) is 13.8 Å². The minimum Gasteiger partial charge on any atom is -0.488 e. The molecule has 3 heteroatoms. The third-order valence-corrected chi connectivity index (χ3v) is 3.30. The molecule has 17 heavy (non-hydrogen) atoms. The Labute approximate surface area is 103 Å². The largest absolute Gasteiger partial charge is 0.488 e. The minimum absolute atomic E-state index is 0.0980. The fraction of sp³-hybridized carbons (Fsp3) is 0.571. The molecular formula is C14H21NO2. The number of hydrogen-bond acceptors (Lipinski definition) is 3. The van der Waals surface area contributed by atoms with E-state index in [0.29, 0.717) is 0 Å². The quantitative estimate of drug-likeness (QED) is 0.826. The predicted octanol–water partition coefficient (Wildman–Crippen LogP) is 2.17. The topological polar surface area (TPSA) is 55.5 Å². The second kappa shape index (κ2) is 4.67. The summed E-state index contributed by atoms with van der Waals surface area (Å²) in [6.07, 6.45) is 2.60. The number of benzene rings is 1. The first-order valence-electron chi connectivity index (χ1n) is 6.22. The van der Waals surface area contributed by atoms with Crippen LogP contribution in [0.3, 0.4) is 0 Å². The number of aryl methyl sites for hydroxylation is 1. The summed E-state index contributed by atoms with van der Waals surface area (Å²) in [6, 6.07) is 5.88. The number of rotatable bonds is 2. The Bertz CT molecular complexity index is 401. The Kier molecular flexibility index (Phi) is 3.40. The molecule has 3 N–H and O–H groups in total. The molecule has 0 saturated heterocycles. The van der Waals surface area contributed by atoms with Gasteiger partial charge in [0.15, 0.2) is 0 Å². The number of nitrogens with two attached hydrogens (primary N) is 1. The maximum Gasteiger partial charge on any atom is 0.123 e. The third kappa shape index (κ3) is 2.79. The molecule has 1 heterocycles. The van der Waals surface area contributed by atoms with Gasteiger partial charge in [-0.2, -0.15) is 0 Å². The Morgan fingerprint density at radius 2 is 2.24 bits per heavy atom. The number of aliphatic hydroxyl groups is 1. The van der Waals surface area contributed by atoms with Gasteiger partial charge in [-0.05, 0) is 56.4 Å². The summed E-state index contributed by atoms with van der Waals surface area (Å²) >= 11 is 0. The summed E-state index contributed by atoms with van der Waals surface area (Å²) in [5.41, 5.74) is 7.44. The van der Waals surface area contributed by atoms with Crippen LogP contribution in [0.5, 0.6) is 5.75 Å². The second-order valence-corrected chi connectivity index (χ2v) is 5.33. The van der Waals surface area contributed by atoms with E-state index >= 15 is 0 Å². The summed E-state index contributed by atoms with van der Waals surface area (Å²) < 4.78 is 6.00. The summed E-state index contributed by atoms with van der Waals surface area (Å²) in [4.78, 5) is 0. The van der Waals surface area contributed by atoms with Crippen LogP contribution in [0.1, 0.15) is 43.9 Å². The van der Waals surface area contributed by atoms with Crippen molar-refractivity contribution in [2.24, 2.45) is 5.73 Å². The summed E-state index contributed by atoms with van der Waals surface area (Å²) in [5.74, 6) is 0.945. The van der Waals surface area contributed by atoms with Gasteiger partial charge in [0.25, 0.3) is 0 Å². The highest BCUT2D eigenvalue weighted by Crippen LogP contribution is 2.33. The molecule has 0 fully saturated rings. The Balaban J connectivity index is 2.31. The van der Waals surface area contributed by atoms with Crippen molar-refractivity contribution >= 4 is 0 Å². The lowest BCUT2D eigenvalue weighted by Crippen LogP contribution is -2.26.